The van der Waals surface area contributed by atoms with E-state index < -0.39 is 31.1 Å². The highest BCUT2D eigenvalue weighted by molar-refractivity contribution is 5.84. The van der Waals surface area contributed by atoms with Crippen molar-refractivity contribution < 1.29 is 24.8 Å². The van der Waals surface area contributed by atoms with Gasteiger partial charge in [-0.05, 0) is 36.8 Å². The van der Waals surface area contributed by atoms with Crippen molar-refractivity contribution in [2.24, 2.45) is 5.10 Å². The summed E-state index contributed by atoms with van der Waals surface area (Å²) >= 11 is 0. The van der Waals surface area contributed by atoms with Crippen LogP contribution in [0.15, 0.2) is 35.7 Å². The number of aromatic nitrogens is 4. The number of anilines is 2. The van der Waals surface area contributed by atoms with Gasteiger partial charge in [-0.15, -0.1) is 0 Å². The van der Waals surface area contributed by atoms with Crippen LogP contribution in [-0.4, -0.2) is 72.6 Å². The zero-order chi connectivity index (χ0) is 22.0. The highest BCUT2D eigenvalue weighted by atomic mass is 16.6. The standard InChI is InChI=1S/C19H23N7O5/c1-2-30-11-5-3-10(4-6-11)7-23-25-19-24-13-16(20)21-9-22-17(13)26(19)18-15(29)14(28)12(8-27)31-18/h3-7,9,12,14-15,18,27-29H,2,8H2,1H3,(H,24,25)(H2,20,21,22)/b23-7+/t12-,14-,15-,18-/m1/s1. The fraction of sp³-hybridized carbons (Fsp3) is 0.368. The van der Waals surface area contributed by atoms with Gasteiger partial charge >= 0.3 is 0 Å². The lowest BCUT2D eigenvalue weighted by Gasteiger charge is -2.18. The van der Waals surface area contributed by atoms with Gasteiger partial charge in [-0.25, -0.2) is 20.4 Å². The van der Waals surface area contributed by atoms with Gasteiger partial charge in [0.25, 0.3) is 0 Å². The number of rotatable bonds is 7. The van der Waals surface area contributed by atoms with E-state index >= 15 is 0 Å². The van der Waals surface area contributed by atoms with E-state index in [1.807, 2.05) is 31.2 Å². The average Bonchev–Trinajstić information content (AvgIpc) is 3.27. The second kappa shape index (κ2) is 8.81. The predicted octanol–water partition coefficient (Wildman–Crippen LogP) is -0.135. The Morgan fingerprint density at radius 1 is 1.26 bits per heavy atom. The zero-order valence-electron chi connectivity index (χ0n) is 16.7. The highest BCUT2D eigenvalue weighted by Crippen LogP contribution is 2.35. The van der Waals surface area contributed by atoms with E-state index in [9.17, 15) is 15.3 Å². The molecule has 6 N–H and O–H groups in total. The van der Waals surface area contributed by atoms with Crippen LogP contribution in [0.4, 0.5) is 11.8 Å². The maximum atomic E-state index is 10.5. The number of aliphatic hydroxyl groups excluding tert-OH is 3. The summed E-state index contributed by atoms with van der Waals surface area (Å²) < 4.78 is 12.5. The Morgan fingerprint density at radius 3 is 2.71 bits per heavy atom. The lowest BCUT2D eigenvalue weighted by Crippen LogP contribution is -2.33. The minimum atomic E-state index is -1.33. The Hall–Kier alpha value is -3.32. The molecule has 31 heavy (non-hydrogen) atoms. The molecule has 1 aromatic carbocycles. The Bertz CT molecular complexity index is 1070. The molecular formula is C19H23N7O5. The van der Waals surface area contributed by atoms with Gasteiger partial charge in [-0.1, -0.05) is 0 Å². The number of nitrogens with two attached hydrogens (primary N) is 1. The number of fused-ring (bicyclic) bond motifs is 1. The SMILES string of the molecule is CCOc1ccc(/C=N/Nc2nc3c(N)ncnc3n2[C@@H]2O[C@H](CO)[C@@H](O)[C@H]2O)cc1. The first-order chi connectivity index (χ1) is 15.0. The van der Waals surface area contributed by atoms with E-state index in [2.05, 4.69) is 25.5 Å². The first kappa shape index (κ1) is 20.9. The molecule has 0 aliphatic carbocycles. The first-order valence-corrected chi connectivity index (χ1v) is 9.66. The van der Waals surface area contributed by atoms with E-state index in [0.717, 1.165) is 11.3 Å². The number of imidazole rings is 1. The molecule has 1 saturated heterocycles. The lowest BCUT2D eigenvalue weighted by atomic mass is 10.1. The number of hydrogen-bond acceptors (Lipinski definition) is 11. The second-order valence-electron chi connectivity index (χ2n) is 6.84. The molecule has 0 spiro atoms. The number of ether oxygens (including phenoxy) is 2. The molecule has 164 valence electrons. The molecule has 1 aliphatic rings. The van der Waals surface area contributed by atoms with Crippen molar-refractivity contribution in [3.63, 3.8) is 0 Å². The second-order valence-corrected chi connectivity index (χ2v) is 6.84. The Balaban J connectivity index is 1.64. The minimum Gasteiger partial charge on any atom is -0.494 e. The summed E-state index contributed by atoms with van der Waals surface area (Å²) in [6.07, 6.45) is -1.82. The summed E-state index contributed by atoms with van der Waals surface area (Å²) in [5.41, 5.74) is 10.1. The summed E-state index contributed by atoms with van der Waals surface area (Å²) in [6, 6.07) is 7.34. The van der Waals surface area contributed by atoms with Crippen molar-refractivity contribution in [1.82, 2.24) is 19.5 Å². The van der Waals surface area contributed by atoms with Crippen LogP contribution in [0.1, 0.15) is 18.7 Å². The third-order valence-corrected chi connectivity index (χ3v) is 4.85. The Kier molecular flexibility index (Phi) is 5.95. The van der Waals surface area contributed by atoms with Gasteiger partial charge in [0.2, 0.25) is 5.95 Å². The third-order valence-electron chi connectivity index (χ3n) is 4.85. The molecule has 0 radical (unpaired) electrons. The molecule has 0 amide bonds. The van der Waals surface area contributed by atoms with Gasteiger partial charge < -0.3 is 30.5 Å². The van der Waals surface area contributed by atoms with Gasteiger partial charge in [0.1, 0.15) is 30.4 Å². The van der Waals surface area contributed by atoms with Gasteiger partial charge in [-0.2, -0.15) is 5.10 Å². The zero-order valence-corrected chi connectivity index (χ0v) is 16.7. The van der Waals surface area contributed by atoms with Crippen LogP contribution in [0, 0.1) is 0 Å². The molecule has 3 heterocycles. The number of benzene rings is 1. The highest BCUT2D eigenvalue weighted by Gasteiger charge is 2.45. The van der Waals surface area contributed by atoms with E-state index in [1.165, 1.54) is 10.9 Å². The molecular weight excluding hydrogens is 406 g/mol. The van der Waals surface area contributed by atoms with Gasteiger partial charge in [0, 0.05) is 0 Å². The Morgan fingerprint density at radius 2 is 2.03 bits per heavy atom. The van der Waals surface area contributed by atoms with Crippen molar-refractivity contribution >= 4 is 29.1 Å². The summed E-state index contributed by atoms with van der Waals surface area (Å²) in [5.74, 6) is 1.06. The predicted molar refractivity (Wildman–Crippen MR) is 112 cm³/mol. The summed E-state index contributed by atoms with van der Waals surface area (Å²) in [7, 11) is 0. The van der Waals surface area contributed by atoms with Crippen LogP contribution in [0.3, 0.4) is 0 Å². The van der Waals surface area contributed by atoms with Crippen LogP contribution < -0.4 is 15.9 Å². The van der Waals surface area contributed by atoms with E-state index in [0.29, 0.717) is 6.61 Å². The fourth-order valence-electron chi connectivity index (χ4n) is 3.32. The van der Waals surface area contributed by atoms with Crippen LogP contribution in [-0.2, 0) is 4.74 Å². The molecule has 0 saturated carbocycles. The molecule has 2 aromatic heterocycles. The minimum absolute atomic E-state index is 0.133. The maximum absolute atomic E-state index is 10.5. The molecule has 1 fully saturated rings. The van der Waals surface area contributed by atoms with E-state index in [-0.39, 0.29) is 22.9 Å². The molecule has 1 aliphatic heterocycles. The number of nitrogens with zero attached hydrogens (tertiary/aromatic N) is 5. The number of aliphatic hydroxyl groups is 3. The largest absolute Gasteiger partial charge is 0.494 e. The molecule has 4 atom stereocenters. The fourth-order valence-corrected chi connectivity index (χ4v) is 3.32. The van der Waals surface area contributed by atoms with E-state index in [4.69, 9.17) is 15.2 Å². The van der Waals surface area contributed by atoms with Gasteiger partial charge in [0.05, 0.1) is 19.4 Å². The summed E-state index contributed by atoms with van der Waals surface area (Å²) in [5, 5.41) is 34.2. The van der Waals surface area contributed by atoms with Crippen molar-refractivity contribution in [3.8, 4) is 5.75 Å². The van der Waals surface area contributed by atoms with Crippen molar-refractivity contribution in [3.05, 3.63) is 36.2 Å². The molecule has 12 nitrogen and oxygen atoms in total. The van der Waals surface area contributed by atoms with Gasteiger partial charge in [-0.3, -0.25) is 4.57 Å². The molecule has 3 aromatic rings. The molecule has 0 bridgehead atoms. The lowest BCUT2D eigenvalue weighted by molar-refractivity contribution is -0.0501. The smallest absolute Gasteiger partial charge is 0.228 e. The van der Waals surface area contributed by atoms with Crippen LogP contribution in [0.25, 0.3) is 11.2 Å². The topological polar surface area (TPSA) is 173 Å². The molecule has 0 unspecified atom stereocenters. The quantitative estimate of drug-likeness (QED) is 0.251. The monoisotopic (exact) mass is 429 g/mol. The number of hydrazone groups is 1. The third kappa shape index (κ3) is 4.01. The van der Waals surface area contributed by atoms with Crippen LogP contribution >= 0.6 is 0 Å². The number of nitrogens with one attached hydrogen (secondary N) is 1. The number of nitrogen functional groups attached to an aromatic ring is 1. The molecule has 4 rings (SSSR count). The Labute approximate surface area is 177 Å². The van der Waals surface area contributed by atoms with Crippen LogP contribution in [0.5, 0.6) is 5.75 Å². The summed E-state index contributed by atoms with van der Waals surface area (Å²) in [6.45, 7) is 2.03. The number of hydrogen-bond donors (Lipinski definition) is 5. The average molecular weight is 429 g/mol. The van der Waals surface area contributed by atoms with Crippen LogP contribution in [0.2, 0.25) is 0 Å². The van der Waals surface area contributed by atoms with Crippen molar-refractivity contribution in [2.45, 2.75) is 31.5 Å². The summed E-state index contributed by atoms with van der Waals surface area (Å²) in [4.78, 5) is 12.5. The molecule has 12 heteroatoms. The van der Waals surface area contributed by atoms with Crippen molar-refractivity contribution in [2.75, 3.05) is 24.4 Å². The van der Waals surface area contributed by atoms with Gasteiger partial charge in [0.15, 0.2) is 23.2 Å². The maximum Gasteiger partial charge on any atom is 0.228 e. The van der Waals surface area contributed by atoms with Crippen molar-refractivity contribution in [1.29, 1.82) is 0 Å². The normalized spacial score (nSPS) is 23.6. The first-order valence-electron chi connectivity index (χ1n) is 9.66. The van der Waals surface area contributed by atoms with E-state index in [1.54, 1.807) is 6.21 Å².